The molecule has 17 heavy (non-hydrogen) atoms. The van der Waals surface area contributed by atoms with Gasteiger partial charge in [0, 0.05) is 30.8 Å². The van der Waals surface area contributed by atoms with E-state index in [4.69, 9.17) is 4.74 Å². The number of benzene rings is 1. The standard InChI is InChI=1S/C14H18N2O/c1-17-14(7-3-8-15-10-14)12-4-2-5-13-11(12)6-9-16-13/h2,4-6,9,15-16H,3,7-8,10H2,1H3. The Balaban J connectivity index is 2.14. The van der Waals surface area contributed by atoms with Crippen LogP contribution in [0.25, 0.3) is 10.9 Å². The van der Waals surface area contributed by atoms with Crippen LogP contribution in [0, 0.1) is 0 Å². The van der Waals surface area contributed by atoms with E-state index in [1.165, 1.54) is 16.5 Å². The van der Waals surface area contributed by atoms with Gasteiger partial charge >= 0.3 is 0 Å². The van der Waals surface area contributed by atoms with Crippen molar-refractivity contribution >= 4 is 10.9 Å². The molecule has 1 atom stereocenters. The van der Waals surface area contributed by atoms with Gasteiger partial charge in [-0.05, 0) is 37.1 Å². The molecule has 1 fully saturated rings. The largest absolute Gasteiger partial charge is 0.372 e. The van der Waals surface area contributed by atoms with Gasteiger partial charge in [-0.25, -0.2) is 0 Å². The Morgan fingerprint density at radius 3 is 3.00 bits per heavy atom. The summed E-state index contributed by atoms with van der Waals surface area (Å²) in [6, 6.07) is 8.54. The second-order valence-electron chi connectivity index (χ2n) is 4.72. The number of hydrogen-bond acceptors (Lipinski definition) is 2. The Bertz CT molecular complexity index is 512. The molecule has 1 aromatic carbocycles. The molecule has 0 spiro atoms. The number of fused-ring (bicyclic) bond motifs is 1. The minimum absolute atomic E-state index is 0.167. The summed E-state index contributed by atoms with van der Waals surface area (Å²) in [5.74, 6) is 0. The Morgan fingerprint density at radius 1 is 1.29 bits per heavy atom. The fraction of sp³-hybridized carbons (Fsp3) is 0.429. The van der Waals surface area contributed by atoms with Crippen LogP contribution in [0.2, 0.25) is 0 Å². The van der Waals surface area contributed by atoms with Gasteiger partial charge in [-0.3, -0.25) is 0 Å². The smallest absolute Gasteiger partial charge is 0.106 e. The van der Waals surface area contributed by atoms with Gasteiger partial charge < -0.3 is 15.0 Å². The fourth-order valence-corrected chi connectivity index (χ4v) is 2.87. The van der Waals surface area contributed by atoms with Crippen molar-refractivity contribution in [2.24, 2.45) is 0 Å². The third-order valence-corrected chi connectivity index (χ3v) is 3.82. The summed E-state index contributed by atoms with van der Waals surface area (Å²) in [7, 11) is 1.82. The molecule has 0 radical (unpaired) electrons. The van der Waals surface area contributed by atoms with Crippen molar-refractivity contribution < 1.29 is 4.74 Å². The lowest BCUT2D eigenvalue weighted by atomic mass is 9.84. The highest BCUT2D eigenvalue weighted by molar-refractivity contribution is 5.83. The summed E-state index contributed by atoms with van der Waals surface area (Å²) in [4.78, 5) is 3.26. The maximum absolute atomic E-state index is 5.87. The second-order valence-corrected chi connectivity index (χ2v) is 4.72. The lowest BCUT2D eigenvalue weighted by Crippen LogP contribution is -2.44. The number of piperidine rings is 1. The van der Waals surface area contributed by atoms with Crippen LogP contribution in [-0.4, -0.2) is 25.2 Å². The zero-order valence-electron chi connectivity index (χ0n) is 10.1. The number of nitrogens with one attached hydrogen (secondary N) is 2. The van der Waals surface area contributed by atoms with Crippen LogP contribution < -0.4 is 5.32 Å². The van der Waals surface area contributed by atoms with E-state index < -0.39 is 0 Å². The third-order valence-electron chi connectivity index (χ3n) is 3.82. The molecular weight excluding hydrogens is 212 g/mol. The first kappa shape index (κ1) is 10.8. The molecule has 2 aromatic rings. The topological polar surface area (TPSA) is 37.0 Å². The average Bonchev–Trinajstić information content (AvgIpc) is 2.87. The monoisotopic (exact) mass is 230 g/mol. The molecule has 3 heteroatoms. The quantitative estimate of drug-likeness (QED) is 0.831. The first-order chi connectivity index (χ1) is 8.36. The first-order valence-corrected chi connectivity index (χ1v) is 6.18. The SMILES string of the molecule is COC1(c2cccc3[nH]ccc23)CCCNC1. The van der Waals surface area contributed by atoms with Crippen molar-refractivity contribution in [2.75, 3.05) is 20.2 Å². The molecule has 3 nitrogen and oxygen atoms in total. The Hall–Kier alpha value is -1.32. The molecular formula is C14H18N2O. The van der Waals surface area contributed by atoms with Gasteiger partial charge in [0.1, 0.15) is 5.60 Å². The van der Waals surface area contributed by atoms with Crippen molar-refractivity contribution in [3.05, 3.63) is 36.0 Å². The predicted octanol–water partition coefficient (Wildman–Crippen LogP) is 2.39. The van der Waals surface area contributed by atoms with Gasteiger partial charge in [0.25, 0.3) is 0 Å². The lowest BCUT2D eigenvalue weighted by molar-refractivity contribution is -0.0321. The molecule has 0 saturated carbocycles. The van der Waals surface area contributed by atoms with E-state index in [0.717, 1.165) is 25.9 Å². The summed E-state index contributed by atoms with van der Waals surface area (Å²) in [6.07, 6.45) is 4.24. The second kappa shape index (κ2) is 4.17. The number of ether oxygens (including phenoxy) is 1. The van der Waals surface area contributed by atoms with Gasteiger partial charge in [-0.1, -0.05) is 12.1 Å². The van der Waals surface area contributed by atoms with Crippen LogP contribution in [-0.2, 0) is 10.3 Å². The highest BCUT2D eigenvalue weighted by Gasteiger charge is 2.35. The summed E-state index contributed by atoms with van der Waals surface area (Å²) < 4.78 is 5.87. The summed E-state index contributed by atoms with van der Waals surface area (Å²) in [5, 5.41) is 4.72. The Kier molecular flexibility index (Phi) is 2.65. The number of H-pyrrole nitrogens is 1. The van der Waals surface area contributed by atoms with E-state index in [-0.39, 0.29) is 5.60 Å². The summed E-state index contributed by atoms with van der Waals surface area (Å²) >= 11 is 0. The van der Waals surface area contributed by atoms with Crippen LogP contribution in [0.3, 0.4) is 0 Å². The van der Waals surface area contributed by atoms with Crippen LogP contribution >= 0.6 is 0 Å². The normalized spacial score (nSPS) is 25.2. The Morgan fingerprint density at radius 2 is 2.24 bits per heavy atom. The maximum atomic E-state index is 5.87. The fourth-order valence-electron chi connectivity index (χ4n) is 2.87. The minimum Gasteiger partial charge on any atom is -0.372 e. The molecule has 90 valence electrons. The molecule has 0 aliphatic carbocycles. The van der Waals surface area contributed by atoms with E-state index >= 15 is 0 Å². The van der Waals surface area contributed by atoms with Gasteiger partial charge in [-0.2, -0.15) is 0 Å². The zero-order valence-corrected chi connectivity index (χ0v) is 10.1. The van der Waals surface area contributed by atoms with Crippen LogP contribution in [0.4, 0.5) is 0 Å². The van der Waals surface area contributed by atoms with Crippen molar-refractivity contribution in [2.45, 2.75) is 18.4 Å². The number of aromatic nitrogens is 1. The number of hydrogen-bond donors (Lipinski definition) is 2. The molecule has 3 rings (SSSR count). The maximum Gasteiger partial charge on any atom is 0.106 e. The highest BCUT2D eigenvalue weighted by atomic mass is 16.5. The van der Waals surface area contributed by atoms with E-state index in [1.54, 1.807) is 0 Å². The molecule has 2 N–H and O–H groups in total. The molecule has 0 amide bonds. The van der Waals surface area contributed by atoms with Crippen LogP contribution in [0.5, 0.6) is 0 Å². The summed E-state index contributed by atoms with van der Waals surface area (Å²) in [5.41, 5.74) is 2.32. The first-order valence-electron chi connectivity index (χ1n) is 6.18. The lowest BCUT2D eigenvalue weighted by Gasteiger charge is -2.37. The van der Waals surface area contributed by atoms with Crippen molar-refractivity contribution in [3.63, 3.8) is 0 Å². The molecule has 1 aliphatic heterocycles. The van der Waals surface area contributed by atoms with E-state index in [9.17, 15) is 0 Å². The molecule has 2 heterocycles. The van der Waals surface area contributed by atoms with Crippen LogP contribution in [0.1, 0.15) is 18.4 Å². The third kappa shape index (κ3) is 1.66. The molecule has 0 bridgehead atoms. The van der Waals surface area contributed by atoms with Crippen LogP contribution in [0.15, 0.2) is 30.5 Å². The molecule has 1 aromatic heterocycles. The molecule has 1 saturated heterocycles. The zero-order chi connectivity index (χ0) is 11.7. The number of aromatic amines is 1. The molecule has 1 aliphatic rings. The van der Waals surface area contributed by atoms with E-state index in [2.05, 4.69) is 34.6 Å². The minimum atomic E-state index is -0.167. The molecule has 1 unspecified atom stereocenters. The Labute approximate surface area is 101 Å². The van der Waals surface area contributed by atoms with Gasteiger partial charge in [0.2, 0.25) is 0 Å². The average molecular weight is 230 g/mol. The predicted molar refractivity (Wildman–Crippen MR) is 69.1 cm³/mol. The van der Waals surface area contributed by atoms with E-state index in [1.807, 2.05) is 13.3 Å². The van der Waals surface area contributed by atoms with Gasteiger partial charge in [0.05, 0.1) is 0 Å². The van der Waals surface area contributed by atoms with Gasteiger partial charge in [0.15, 0.2) is 0 Å². The van der Waals surface area contributed by atoms with Crippen molar-refractivity contribution in [3.8, 4) is 0 Å². The van der Waals surface area contributed by atoms with Gasteiger partial charge in [-0.15, -0.1) is 0 Å². The van der Waals surface area contributed by atoms with E-state index in [0.29, 0.717) is 0 Å². The summed E-state index contributed by atoms with van der Waals surface area (Å²) in [6.45, 7) is 1.99. The van der Waals surface area contributed by atoms with Crippen molar-refractivity contribution in [1.82, 2.24) is 10.3 Å². The number of rotatable bonds is 2. The van der Waals surface area contributed by atoms with Crippen molar-refractivity contribution in [1.29, 1.82) is 0 Å². The number of methoxy groups -OCH3 is 1. The highest BCUT2D eigenvalue weighted by Crippen LogP contribution is 2.36.